The Morgan fingerprint density at radius 2 is 1.12 bits per heavy atom. The normalized spacial score (nSPS) is 10.6. The van der Waals surface area contributed by atoms with E-state index < -0.39 is 0 Å². The van der Waals surface area contributed by atoms with Gasteiger partial charge in [-0.25, -0.2) is 0 Å². The molecule has 0 fully saturated rings. The molecule has 2 aromatic rings. The lowest BCUT2D eigenvalue weighted by Gasteiger charge is -2.21. The van der Waals surface area contributed by atoms with E-state index in [0.29, 0.717) is 62.2 Å². The molecule has 0 aliphatic rings. The summed E-state index contributed by atoms with van der Waals surface area (Å²) in [5.41, 5.74) is 41.3. The lowest BCUT2D eigenvalue weighted by atomic mass is 10.0. The van der Waals surface area contributed by atoms with Crippen LogP contribution in [-0.4, -0.2) is 0 Å². The van der Waals surface area contributed by atoms with E-state index in [-0.39, 0.29) is 5.69 Å². The quantitative estimate of drug-likeness (QED) is 0.471. The summed E-state index contributed by atoms with van der Waals surface area (Å²) >= 11 is 0. The Hall–Kier alpha value is -3.22. The fourth-order valence-electron chi connectivity index (χ4n) is 2.56. The molecule has 24 heavy (non-hydrogen) atoms. The molecule has 0 spiro atoms. The molecule has 0 saturated carbocycles. The first-order chi connectivity index (χ1) is 11.1. The van der Waals surface area contributed by atoms with Gasteiger partial charge < -0.3 is 39.1 Å². The molecule has 0 aliphatic carbocycles. The van der Waals surface area contributed by atoms with Crippen LogP contribution in [0.1, 0.15) is 22.3 Å². The Kier molecular flexibility index (Phi) is 4.12. The van der Waals surface area contributed by atoms with Crippen molar-refractivity contribution in [2.45, 2.75) is 20.8 Å². The largest absolute Gasteiger partial charge is 0.450 e. The van der Waals surface area contributed by atoms with Crippen molar-refractivity contribution < 1.29 is 4.74 Å². The molecule has 0 atom stereocenters. The van der Waals surface area contributed by atoms with E-state index in [0.717, 1.165) is 0 Å². The molecule has 128 valence electrons. The highest BCUT2D eigenvalue weighted by molar-refractivity contribution is 5.91. The molecule has 7 nitrogen and oxygen atoms in total. The molecule has 12 N–H and O–H groups in total. The molecule has 0 aromatic heterocycles. The molecule has 0 unspecified atom stereocenters. The molecule has 0 saturated heterocycles. The molecule has 0 amide bonds. The standard InChI is InChI=1S/C17H24N6O/c1-5-9-11(19)8(4)16(15(23)14(9)22)24-17-12(20)6(2)10(18)7(3)13(17)21/h5H,1,18-23H2,2-4H3. The number of hydrogen-bond acceptors (Lipinski definition) is 7. The number of hydrogen-bond donors (Lipinski definition) is 6. The second kappa shape index (κ2) is 5.77. The molecule has 0 radical (unpaired) electrons. The van der Waals surface area contributed by atoms with Gasteiger partial charge in [0.05, 0.1) is 22.7 Å². The monoisotopic (exact) mass is 328 g/mol. The van der Waals surface area contributed by atoms with Crippen LogP contribution in [0.15, 0.2) is 6.58 Å². The van der Waals surface area contributed by atoms with E-state index in [4.69, 9.17) is 39.1 Å². The first-order valence-corrected chi connectivity index (χ1v) is 7.34. The van der Waals surface area contributed by atoms with E-state index in [1.165, 1.54) is 0 Å². The molecule has 2 rings (SSSR count). The van der Waals surface area contributed by atoms with E-state index in [1.54, 1.807) is 26.8 Å². The lowest BCUT2D eigenvalue weighted by Crippen LogP contribution is -2.09. The topological polar surface area (TPSA) is 165 Å². The third-order valence-corrected chi connectivity index (χ3v) is 4.37. The first-order valence-electron chi connectivity index (χ1n) is 7.34. The van der Waals surface area contributed by atoms with Crippen molar-refractivity contribution in [3.05, 3.63) is 28.8 Å². The van der Waals surface area contributed by atoms with E-state index in [9.17, 15) is 0 Å². The Balaban J connectivity index is 2.73. The number of nitrogen functional groups attached to an aromatic ring is 6. The zero-order chi connectivity index (χ0) is 18.3. The summed E-state index contributed by atoms with van der Waals surface area (Å²) in [5, 5.41) is 0. The van der Waals surface area contributed by atoms with Crippen molar-refractivity contribution in [1.82, 2.24) is 0 Å². The second-order valence-electron chi connectivity index (χ2n) is 5.74. The van der Waals surface area contributed by atoms with Crippen LogP contribution in [0.25, 0.3) is 6.08 Å². The van der Waals surface area contributed by atoms with E-state index >= 15 is 0 Å². The minimum Gasteiger partial charge on any atom is -0.450 e. The van der Waals surface area contributed by atoms with Crippen LogP contribution in [0.2, 0.25) is 0 Å². The SMILES string of the molecule is C=Cc1c(N)c(C)c(Oc2c(N)c(C)c(N)c(C)c2N)c(N)c1N. The molecular weight excluding hydrogens is 304 g/mol. The van der Waals surface area contributed by atoms with Gasteiger partial charge in [0.15, 0.2) is 11.5 Å². The van der Waals surface area contributed by atoms with Gasteiger partial charge in [0, 0.05) is 22.5 Å². The molecule has 0 bridgehead atoms. The summed E-state index contributed by atoms with van der Waals surface area (Å²) < 4.78 is 5.95. The molecule has 0 heterocycles. The Morgan fingerprint density at radius 3 is 1.58 bits per heavy atom. The van der Waals surface area contributed by atoms with Gasteiger partial charge in [-0.3, -0.25) is 0 Å². The van der Waals surface area contributed by atoms with Crippen LogP contribution in [0.4, 0.5) is 34.1 Å². The Bertz CT molecular complexity index is 799. The van der Waals surface area contributed by atoms with Crippen molar-refractivity contribution in [3.63, 3.8) is 0 Å². The van der Waals surface area contributed by atoms with Gasteiger partial charge in [-0.1, -0.05) is 12.7 Å². The van der Waals surface area contributed by atoms with Gasteiger partial charge in [0.1, 0.15) is 0 Å². The van der Waals surface area contributed by atoms with Crippen LogP contribution in [0, 0.1) is 20.8 Å². The fraction of sp³-hybridized carbons (Fsp3) is 0.176. The first kappa shape index (κ1) is 17.1. The van der Waals surface area contributed by atoms with Gasteiger partial charge in [-0.2, -0.15) is 0 Å². The summed E-state index contributed by atoms with van der Waals surface area (Å²) in [7, 11) is 0. The fourth-order valence-corrected chi connectivity index (χ4v) is 2.56. The highest BCUT2D eigenvalue weighted by Crippen LogP contribution is 2.47. The maximum atomic E-state index is 6.13. The zero-order valence-electron chi connectivity index (χ0n) is 14.2. The van der Waals surface area contributed by atoms with E-state index in [1.807, 2.05) is 0 Å². The van der Waals surface area contributed by atoms with Gasteiger partial charge >= 0.3 is 0 Å². The summed E-state index contributed by atoms with van der Waals surface area (Å²) in [4.78, 5) is 0. The highest BCUT2D eigenvalue weighted by atomic mass is 16.5. The average molecular weight is 328 g/mol. The summed E-state index contributed by atoms with van der Waals surface area (Å²) in [6.07, 6.45) is 1.55. The van der Waals surface area contributed by atoms with Crippen LogP contribution in [-0.2, 0) is 0 Å². The highest BCUT2D eigenvalue weighted by Gasteiger charge is 2.21. The van der Waals surface area contributed by atoms with Crippen molar-refractivity contribution in [2.75, 3.05) is 34.4 Å². The Labute approximate surface area is 141 Å². The second-order valence-corrected chi connectivity index (χ2v) is 5.74. The lowest BCUT2D eigenvalue weighted by molar-refractivity contribution is 0.486. The smallest absolute Gasteiger partial charge is 0.173 e. The van der Waals surface area contributed by atoms with Gasteiger partial charge in [0.2, 0.25) is 0 Å². The minimum absolute atomic E-state index is 0.252. The Morgan fingerprint density at radius 1 is 0.625 bits per heavy atom. The zero-order valence-corrected chi connectivity index (χ0v) is 14.2. The van der Waals surface area contributed by atoms with Crippen LogP contribution < -0.4 is 39.1 Å². The van der Waals surface area contributed by atoms with Gasteiger partial charge in [-0.15, -0.1) is 0 Å². The maximum absolute atomic E-state index is 6.13. The molecule has 0 aliphatic heterocycles. The number of benzene rings is 2. The number of rotatable bonds is 3. The third-order valence-electron chi connectivity index (χ3n) is 4.37. The number of ether oxygens (including phenoxy) is 1. The van der Waals surface area contributed by atoms with E-state index in [2.05, 4.69) is 6.58 Å². The van der Waals surface area contributed by atoms with Gasteiger partial charge in [0.25, 0.3) is 0 Å². The summed E-state index contributed by atoms with van der Waals surface area (Å²) in [6, 6.07) is 0. The predicted molar refractivity (Wildman–Crippen MR) is 104 cm³/mol. The third kappa shape index (κ3) is 2.30. The van der Waals surface area contributed by atoms with Crippen LogP contribution in [0.3, 0.4) is 0 Å². The average Bonchev–Trinajstić information content (AvgIpc) is 2.56. The predicted octanol–water partition coefficient (Wildman–Crippen LogP) is 2.54. The van der Waals surface area contributed by atoms with Crippen molar-refractivity contribution in [1.29, 1.82) is 0 Å². The molecule has 7 heteroatoms. The minimum atomic E-state index is 0.252. The van der Waals surface area contributed by atoms with Crippen LogP contribution in [0.5, 0.6) is 11.5 Å². The van der Waals surface area contributed by atoms with Crippen molar-refractivity contribution in [3.8, 4) is 11.5 Å². The molecule has 2 aromatic carbocycles. The van der Waals surface area contributed by atoms with Crippen molar-refractivity contribution >= 4 is 40.2 Å². The maximum Gasteiger partial charge on any atom is 0.173 e. The van der Waals surface area contributed by atoms with Crippen LogP contribution >= 0.6 is 0 Å². The number of anilines is 6. The summed E-state index contributed by atoms with van der Waals surface area (Å²) in [5.74, 6) is 0.608. The van der Waals surface area contributed by atoms with Gasteiger partial charge in [-0.05, 0) is 31.9 Å². The summed E-state index contributed by atoms with van der Waals surface area (Å²) in [6.45, 7) is 9.06. The molecular formula is C17H24N6O. The van der Waals surface area contributed by atoms with Crippen molar-refractivity contribution in [2.24, 2.45) is 0 Å². The number of nitrogens with two attached hydrogens (primary N) is 6.